The number of benzene rings is 1. The van der Waals surface area contributed by atoms with Gasteiger partial charge in [0.25, 0.3) is 5.56 Å². The van der Waals surface area contributed by atoms with E-state index >= 15 is 0 Å². The van der Waals surface area contributed by atoms with Crippen molar-refractivity contribution in [3.8, 4) is 5.69 Å². The Bertz CT molecular complexity index is 1600. The molecule has 0 aliphatic rings. The second-order valence-corrected chi connectivity index (χ2v) is 7.71. The van der Waals surface area contributed by atoms with Gasteiger partial charge in [-0.3, -0.25) is 9.36 Å². The van der Waals surface area contributed by atoms with Crippen LogP contribution in [0.1, 0.15) is 17.0 Å². The van der Waals surface area contributed by atoms with Crippen LogP contribution in [0.15, 0.2) is 53.6 Å². The molecule has 0 atom stereocenters. The highest BCUT2D eigenvalue weighted by molar-refractivity contribution is 6.28. The fourth-order valence-electron chi connectivity index (χ4n) is 3.72. The third-order valence-electron chi connectivity index (χ3n) is 5.21. The van der Waals surface area contributed by atoms with Gasteiger partial charge in [-0.25, -0.2) is 14.1 Å². The van der Waals surface area contributed by atoms with Gasteiger partial charge in [0, 0.05) is 11.9 Å². The fourth-order valence-corrected chi connectivity index (χ4v) is 3.85. The first-order valence-electron chi connectivity index (χ1n) is 9.58. The number of halogens is 5. The van der Waals surface area contributed by atoms with Crippen molar-refractivity contribution in [3.63, 3.8) is 0 Å². The second kappa shape index (κ2) is 7.41. The summed E-state index contributed by atoms with van der Waals surface area (Å²) >= 11 is 5.94. The van der Waals surface area contributed by atoms with Crippen LogP contribution in [-0.4, -0.2) is 28.7 Å². The minimum Gasteiger partial charge on any atom is -0.308 e. The van der Waals surface area contributed by atoms with Gasteiger partial charge >= 0.3 is 6.18 Å². The lowest BCUT2D eigenvalue weighted by atomic mass is 10.2. The van der Waals surface area contributed by atoms with Crippen molar-refractivity contribution < 1.29 is 17.6 Å². The van der Waals surface area contributed by atoms with Crippen molar-refractivity contribution in [2.75, 3.05) is 0 Å². The lowest BCUT2D eigenvalue weighted by Gasteiger charge is -2.13. The number of hydrogen-bond acceptors (Lipinski definition) is 4. The first-order chi connectivity index (χ1) is 15.6. The highest BCUT2D eigenvalue weighted by Gasteiger charge is 2.34. The zero-order valence-electron chi connectivity index (χ0n) is 16.8. The molecule has 0 radical (unpaired) electrons. The van der Waals surface area contributed by atoms with E-state index in [0.29, 0.717) is 16.6 Å². The van der Waals surface area contributed by atoms with Crippen molar-refractivity contribution in [1.29, 1.82) is 0 Å². The number of aromatic nitrogens is 6. The van der Waals surface area contributed by atoms with Gasteiger partial charge in [-0.15, -0.1) is 0 Å². The molecular weight excluding hydrogens is 464 g/mol. The smallest absolute Gasteiger partial charge is 0.308 e. The number of aryl methyl sites for hydroxylation is 1. The minimum absolute atomic E-state index is 0.0482. The van der Waals surface area contributed by atoms with Crippen LogP contribution in [0.25, 0.3) is 22.4 Å². The summed E-state index contributed by atoms with van der Waals surface area (Å²) in [5, 5.41) is 3.42. The molecule has 0 N–H and O–H groups in total. The molecule has 0 bridgehead atoms. The molecule has 0 amide bonds. The van der Waals surface area contributed by atoms with Gasteiger partial charge < -0.3 is 4.40 Å². The van der Waals surface area contributed by atoms with E-state index in [9.17, 15) is 22.4 Å². The summed E-state index contributed by atoms with van der Waals surface area (Å²) in [5.41, 5.74) is 0.0537. The summed E-state index contributed by atoms with van der Waals surface area (Å²) in [6, 6.07) is 8.15. The molecular formula is C21H13ClF4N6O. The molecule has 0 aliphatic heterocycles. The SMILES string of the molecule is Cc1cc(C(F)(F)F)nn1-c1ccc(Cn2c(=O)c3cccn3c3cnc(Cl)nc32)cc1F. The van der Waals surface area contributed by atoms with Crippen molar-refractivity contribution in [2.45, 2.75) is 19.6 Å². The molecule has 5 aromatic rings. The Hall–Kier alpha value is -3.73. The van der Waals surface area contributed by atoms with Crippen LogP contribution >= 0.6 is 11.6 Å². The monoisotopic (exact) mass is 476 g/mol. The maximum Gasteiger partial charge on any atom is 0.435 e. The third-order valence-corrected chi connectivity index (χ3v) is 5.39. The summed E-state index contributed by atoms with van der Waals surface area (Å²) < 4.78 is 57.7. The van der Waals surface area contributed by atoms with Crippen molar-refractivity contribution >= 4 is 28.3 Å². The predicted molar refractivity (Wildman–Crippen MR) is 112 cm³/mol. The van der Waals surface area contributed by atoms with Crippen LogP contribution in [-0.2, 0) is 12.7 Å². The van der Waals surface area contributed by atoms with Crippen LogP contribution in [0.4, 0.5) is 17.6 Å². The fraction of sp³-hybridized carbons (Fsp3) is 0.143. The molecule has 5 rings (SSSR count). The van der Waals surface area contributed by atoms with E-state index in [0.717, 1.165) is 16.8 Å². The summed E-state index contributed by atoms with van der Waals surface area (Å²) in [5.74, 6) is -0.791. The Morgan fingerprint density at radius 1 is 1.12 bits per heavy atom. The second-order valence-electron chi connectivity index (χ2n) is 7.37. The van der Waals surface area contributed by atoms with Gasteiger partial charge in [0.2, 0.25) is 5.28 Å². The molecule has 0 saturated heterocycles. The number of nitrogens with zero attached hydrogens (tertiary/aromatic N) is 6. The summed E-state index contributed by atoms with van der Waals surface area (Å²) in [7, 11) is 0. The average Bonchev–Trinajstić information content (AvgIpc) is 3.38. The number of alkyl halides is 3. The topological polar surface area (TPSA) is 70.0 Å². The van der Waals surface area contributed by atoms with Gasteiger partial charge in [0.1, 0.15) is 22.5 Å². The van der Waals surface area contributed by atoms with E-state index in [1.807, 2.05) is 0 Å². The molecule has 7 nitrogen and oxygen atoms in total. The first-order valence-corrected chi connectivity index (χ1v) is 9.96. The number of hydrogen-bond donors (Lipinski definition) is 0. The van der Waals surface area contributed by atoms with E-state index in [4.69, 9.17) is 11.6 Å². The van der Waals surface area contributed by atoms with Crippen molar-refractivity contribution in [2.24, 2.45) is 0 Å². The van der Waals surface area contributed by atoms with Crippen LogP contribution < -0.4 is 5.56 Å². The lowest BCUT2D eigenvalue weighted by molar-refractivity contribution is -0.141. The van der Waals surface area contributed by atoms with Gasteiger partial charge in [-0.1, -0.05) is 6.07 Å². The maximum absolute atomic E-state index is 14.9. The molecule has 4 aromatic heterocycles. The Morgan fingerprint density at radius 2 is 1.91 bits per heavy atom. The van der Waals surface area contributed by atoms with E-state index < -0.39 is 17.7 Å². The van der Waals surface area contributed by atoms with Crippen molar-refractivity contribution in [3.05, 3.63) is 87.2 Å². The molecule has 0 spiro atoms. The van der Waals surface area contributed by atoms with Gasteiger partial charge in [-0.2, -0.15) is 23.3 Å². The van der Waals surface area contributed by atoms with Gasteiger partial charge in [-0.05, 0) is 54.4 Å². The maximum atomic E-state index is 14.9. The van der Waals surface area contributed by atoms with E-state index in [2.05, 4.69) is 15.1 Å². The minimum atomic E-state index is -4.64. The van der Waals surface area contributed by atoms with Gasteiger partial charge in [0.15, 0.2) is 11.3 Å². The quantitative estimate of drug-likeness (QED) is 0.286. The van der Waals surface area contributed by atoms with Crippen LogP contribution in [0.2, 0.25) is 5.28 Å². The standard InChI is InChI=1S/C21H13ClF4N6O/c1-11-7-17(21(24,25)26)29-32(11)14-5-4-12(8-13(14)23)10-31-18-16(9-27-20(22)28-18)30-6-2-3-15(30)19(31)33/h2-9H,10H2,1H3. The summed E-state index contributed by atoms with van der Waals surface area (Å²) in [6.45, 7) is 1.35. The average molecular weight is 477 g/mol. The molecule has 0 fully saturated rings. The summed E-state index contributed by atoms with van der Waals surface area (Å²) in [4.78, 5) is 21.2. The lowest BCUT2D eigenvalue weighted by Crippen LogP contribution is -2.24. The van der Waals surface area contributed by atoms with Crippen LogP contribution in [0.5, 0.6) is 0 Å². The first kappa shape index (κ1) is 21.1. The Labute approximate surface area is 187 Å². The van der Waals surface area contributed by atoms with Crippen molar-refractivity contribution in [1.82, 2.24) is 28.7 Å². The predicted octanol–water partition coefficient (Wildman–Crippen LogP) is 4.40. The molecule has 4 heterocycles. The number of fused-ring (bicyclic) bond motifs is 3. The highest BCUT2D eigenvalue weighted by Crippen LogP contribution is 2.30. The Balaban J connectivity index is 1.60. The molecule has 168 valence electrons. The van der Waals surface area contributed by atoms with E-state index in [1.165, 1.54) is 29.8 Å². The van der Waals surface area contributed by atoms with Crippen LogP contribution in [0.3, 0.4) is 0 Å². The molecule has 12 heteroatoms. The Kier molecular flexibility index (Phi) is 4.74. The highest BCUT2D eigenvalue weighted by atomic mass is 35.5. The molecule has 0 aliphatic carbocycles. The van der Waals surface area contributed by atoms with Gasteiger partial charge in [0.05, 0.1) is 12.7 Å². The largest absolute Gasteiger partial charge is 0.435 e. The molecule has 0 unspecified atom stereocenters. The zero-order valence-corrected chi connectivity index (χ0v) is 17.6. The molecule has 0 saturated carbocycles. The zero-order chi connectivity index (χ0) is 23.5. The Morgan fingerprint density at radius 3 is 2.61 bits per heavy atom. The van der Waals surface area contributed by atoms with Crippen LogP contribution in [0, 0.1) is 12.7 Å². The molecule has 33 heavy (non-hydrogen) atoms. The third kappa shape index (κ3) is 3.54. The van der Waals surface area contributed by atoms with E-state index in [-0.39, 0.29) is 34.4 Å². The normalized spacial score (nSPS) is 12.2. The summed E-state index contributed by atoms with van der Waals surface area (Å²) in [6.07, 6.45) is -1.47. The number of rotatable bonds is 3. The van der Waals surface area contributed by atoms with E-state index in [1.54, 1.807) is 22.7 Å². The molecule has 1 aromatic carbocycles.